The predicted octanol–water partition coefficient (Wildman–Crippen LogP) is 2.06. The number of rotatable bonds is 7. The molecule has 1 amide bonds. The Bertz CT molecular complexity index is 212. The quantitative estimate of drug-likeness (QED) is 0.698. The van der Waals surface area contributed by atoms with E-state index in [1.54, 1.807) is 0 Å². The molecule has 16 heavy (non-hydrogen) atoms. The van der Waals surface area contributed by atoms with Crippen LogP contribution in [0.4, 0.5) is 0 Å². The largest absolute Gasteiger partial charge is 0.353 e. The maximum absolute atomic E-state index is 11.6. The average molecular weight is 226 g/mol. The molecule has 0 aromatic carbocycles. The molecule has 1 fully saturated rings. The van der Waals surface area contributed by atoms with Gasteiger partial charge in [0.25, 0.3) is 0 Å². The SMILES string of the molecule is CC(C)C(CCN)CCC(=O)NC1CCC1. The summed E-state index contributed by atoms with van der Waals surface area (Å²) in [6, 6.07) is 0.472. The molecule has 0 saturated heterocycles. The molecule has 0 radical (unpaired) electrons. The van der Waals surface area contributed by atoms with Crippen LogP contribution in [0, 0.1) is 11.8 Å². The van der Waals surface area contributed by atoms with E-state index in [-0.39, 0.29) is 5.91 Å². The Balaban J connectivity index is 2.16. The second-order valence-electron chi connectivity index (χ2n) is 5.32. The molecule has 3 heteroatoms. The van der Waals surface area contributed by atoms with Crippen LogP contribution in [0.5, 0.6) is 0 Å². The Labute approximate surface area is 99.2 Å². The van der Waals surface area contributed by atoms with Crippen LogP contribution in [0.1, 0.15) is 52.4 Å². The van der Waals surface area contributed by atoms with E-state index in [0.29, 0.717) is 24.3 Å². The van der Waals surface area contributed by atoms with Gasteiger partial charge in [-0.25, -0.2) is 0 Å². The minimum absolute atomic E-state index is 0.229. The number of hydrogen-bond acceptors (Lipinski definition) is 2. The molecule has 1 unspecified atom stereocenters. The third-order valence-electron chi connectivity index (χ3n) is 3.69. The van der Waals surface area contributed by atoms with Crippen LogP contribution in [-0.4, -0.2) is 18.5 Å². The topological polar surface area (TPSA) is 55.1 Å². The molecule has 0 spiro atoms. The van der Waals surface area contributed by atoms with E-state index < -0.39 is 0 Å². The third-order valence-corrected chi connectivity index (χ3v) is 3.69. The summed E-state index contributed by atoms with van der Waals surface area (Å²) in [4.78, 5) is 11.6. The molecule has 0 heterocycles. The molecule has 3 nitrogen and oxygen atoms in total. The molecule has 0 bridgehead atoms. The zero-order valence-electron chi connectivity index (χ0n) is 10.7. The van der Waals surface area contributed by atoms with Gasteiger partial charge < -0.3 is 11.1 Å². The second-order valence-corrected chi connectivity index (χ2v) is 5.32. The highest BCUT2D eigenvalue weighted by molar-refractivity contribution is 5.76. The van der Waals surface area contributed by atoms with Crippen LogP contribution in [0.3, 0.4) is 0 Å². The van der Waals surface area contributed by atoms with Crippen molar-refractivity contribution in [1.29, 1.82) is 0 Å². The first kappa shape index (κ1) is 13.5. The smallest absolute Gasteiger partial charge is 0.220 e. The van der Waals surface area contributed by atoms with Gasteiger partial charge >= 0.3 is 0 Å². The molecular weight excluding hydrogens is 200 g/mol. The van der Waals surface area contributed by atoms with Gasteiger partial charge in [0, 0.05) is 12.5 Å². The van der Waals surface area contributed by atoms with Crippen molar-refractivity contribution in [2.75, 3.05) is 6.54 Å². The summed E-state index contributed by atoms with van der Waals surface area (Å²) in [7, 11) is 0. The number of carbonyl (C=O) groups is 1. The second kappa shape index (κ2) is 6.89. The van der Waals surface area contributed by atoms with Gasteiger partial charge in [0.15, 0.2) is 0 Å². The number of nitrogens with two attached hydrogens (primary N) is 1. The first-order valence-corrected chi connectivity index (χ1v) is 6.63. The number of hydrogen-bond donors (Lipinski definition) is 2. The molecule has 1 rings (SSSR count). The number of amides is 1. The fraction of sp³-hybridized carbons (Fsp3) is 0.923. The van der Waals surface area contributed by atoms with E-state index in [9.17, 15) is 4.79 Å². The lowest BCUT2D eigenvalue weighted by molar-refractivity contribution is -0.122. The van der Waals surface area contributed by atoms with Crippen molar-refractivity contribution >= 4 is 5.91 Å². The van der Waals surface area contributed by atoms with Gasteiger partial charge in [-0.3, -0.25) is 4.79 Å². The lowest BCUT2D eigenvalue weighted by Gasteiger charge is -2.27. The highest BCUT2D eigenvalue weighted by atomic mass is 16.1. The number of carbonyl (C=O) groups excluding carboxylic acids is 1. The fourth-order valence-corrected chi connectivity index (χ4v) is 2.19. The predicted molar refractivity (Wildman–Crippen MR) is 67.0 cm³/mol. The molecule has 1 aliphatic rings. The Morgan fingerprint density at radius 1 is 1.38 bits per heavy atom. The molecule has 1 atom stereocenters. The van der Waals surface area contributed by atoms with Crippen LogP contribution in [0.25, 0.3) is 0 Å². The van der Waals surface area contributed by atoms with Crippen molar-refractivity contribution in [1.82, 2.24) is 5.32 Å². The van der Waals surface area contributed by atoms with E-state index >= 15 is 0 Å². The summed E-state index contributed by atoms with van der Waals surface area (Å²) < 4.78 is 0. The summed E-state index contributed by atoms with van der Waals surface area (Å²) >= 11 is 0. The maximum atomic E-state index is 11.6. The van der Waals surface area contributed by atoms with E-state index in [1.165, 1.54) is 19.3 Å². The van der Waals surface area contributed by atoms with Crippen LogP contribution in [0.15, 0.2) is 0 Å². The lowest BCUT2D eigenvalue weighted by Crippen LogP contribution is -2.39. The minimum atomic E-state index is 0.229. The van der Waals surface area contributed by atoms with Gasteiger partial charge in [-0.1, -0.05) is 13.8 Å². The van der Waals surface area contributed by atoms with Crippen LogP contribution in [-0.2, 0) is 4.79 Å². The molecule has 1 aliphatic carbocycles. The zero-order valence-corrected chi connectivity index (χ0v) is 10.7. The van der Waals surface area contributed by atoms with E-state index in [2.05, 4.69) is 19.2 Å². The summed E-state index contributed by atoms with van der Waals surface area (Å²) in [5.74, 6) is 1.45. The van der Waals surface area contributed by atoms with Gasteiger partial charge in [-0.15, -0.1) is 0 Å². The highest BCUT2D eigenvalue weighted by Crippen LogP contribution is 2.21. The van der Waals surface area contributed by atoms with Crippen molar-refractivity contribution in [2.45, 2.75) is 58.4 Å². The lowest BCUT2D eigenvalue weighted by atomic mass is 9.88. The monoisotopic (exact) mass is 226 g/mol. The van der Waals surface area contributed by atoms with E-state index in [4.69, 9.17) is 5.73 Å². The average Bonchev–Trinajstić information content (AvgIpc) is 2.17. The number of nitrogens with one attached hydrogen (secondary N) is 1. The van der Waals surface area contributed by atoms with Gasteiger partial charge in [0.2, 0.25) is 5.91 Å². The molecule has 0 aliphatic heterocycles. The summed E-state index contributed by atoms with van der Waals surface area (Å²) in [5.41, 5.74) is 5.58. The van der Waals surface area contributed by atoms with Crippen LogP contribution >= 0.6 is 0 Å². The Kier molecular flexibility index (Phi) is 5.81. The standard InChI is InChI=1S/C13H26N2O/c1-10(2)11(8-9-14)6-7-13(16)15-12-4-3-5-12/h10-12H,3-9,14H2,1-2H3,(H,15,16). The minimum Gasteiger partial charge on any atom is -0.353 e. The normalized spacial score (nSPS) is 18.2. The molecule has 0 aromatic rings. The van der Waals surface area contributed by atoms with Gasteiger partial charge in [-0.2, -0.15) is 0 Å². The van der Waals surface area contributed by atoms with Gasteiger partial charge in [0.05, 0.1) is 0 Å². The first-order chi connectivity index (χ1) is 7.63. The summed E-state index contributed by atoms with van der Waals surface area (Å²) in [6.45, 7) is 5.15. The van der Waals surface area contributed by atoms with E-state index in [0.717, 1.165) is 19.4 Å². The summed E-state index contributed by atoms with van der Waals surface area (Å²) in [6.07, 6.45) is 6.29. The van der Waals surface area contributed by atoms with Crippen molar-refractivity contribution in [3.05, 3.63) is 0 Å². The maximum Gasteiger partial charge on any atom is 0.220 e. The van der Waals surface area contributed by atoms with Crippen LogP contribution in [0.2, 0.25) is 0 Å². The highest BCUT2D eigenvalue weighted by Gasteiger charge is 2.20. The Morgan fingerprint density at radius 2 is 2.06 bits per heavy atom. The van der Waals surface area contributed by atoms with Gasteiger partial charge in [0.1, 0.15) is 0 Å². The first-order valence-electron chi connectivity index (χ1n) is 6.63. The summed E-state index contributed by atoms with van der Waals surface area (Å²) in [5, 5.41) is 3.08. The molecule has 3 N–H and O–H groups in total. The molecule has 94 valence electrons. The van der Waals surface area contributed by atoms with Gasteiger partial charge in [-0.05, 0) is 50.5 Å². The fourth-order valence-electron chi connectivity index (χ4n) is 2.19. The van der Waals surface area contributed by atoms with Crippen LogP contribution < -0.4 is 11.1 Å². The third kappa shape index (κ3) is 4.52. The van der Waals surface area contributed by atoms with E-state index in [1.807, 2.05) is 0 Å². The van der Waals surface area contributed by atoms with Crippen molar-refractivity contribution in [3.8, 4) is 0 Å². The Hall–Kier alpha value is -0.570. The van der Waals surface area contributed by atoms with Crippen molar-refractivity contribution in [3.63, 3.8) is 0 Å². The Morgan fingerprint density at radius 3 is 2.50 bits per heavy atom. The van der Waals surface area contributed by atoms with Crippen molar-refractivity contribution < 1.29 is 4.79 Å². The van der Waals surface area contributed by atoms with Crippen molar-refractivity contribution in [2.24, 2.45) is 17.6 Å². The molecule has 0 aromatic heterocycles. The zero-order chi connectivity index (χ0) is 12.0. The molecular formula is C13H26N2O. The molecule has 1 saturated carbocycles.